The molecule has 0 bridgehead atoms. The van der Waals surface area contributed by atoms with Gasteiger partial charge in [0.1, 0.15) is 11.5 Å². The number of piperazine rings is 1. The monoisotopic (exact) mass is 468 g/mol. The van der Waals surface area contributed by atoms with Crippen molar-refractivity contribution < 1.29 is 17.2 Å². The average Bonchev–Trinajstić information content (AvgIpc) is 3.08. The van der Waals surface area contributed by atoms with Crippen molar-refractivity contribution in [2.75, 3.05) is 61.4 Å². The fourth-order valence-corrected chi connectivity index (χ4v) is 7.87. The molecule has 1 aromatic rings. The lowest BCUT2D eigenvalue weighted by Crippen LogP contribution is -2.47. The van der Waals surface area contributed by atoms with E-state index in [0.29, 0.717) is 74.9 Å². The van der Waals surface area contributed by atoms with Crippen LogP contribution in [0.25, 0.3) is 0 Å². The van der Waals surface area contributed by atoms with Gasteiger partial charge in [-0.25, -0.2) is 13.4 Å². The van der Waals surface area contributed by atoms with Crippen molar-refractivity contribution in [1.82, 2.24) is 19.6 Å². The minimum atomic E-state index is -3.25. The molecule has 3 aliphatic heterocycles. The number of sulfonamides is 1. The molecule has 0 amide bonds. The van der Waals surface area contributed by atoms with E-state index in [0.717, 1.165) is 13.0 Å². The fraction of sp³-hybridized carbons (Fsp3) is 0.810. The van der Waals surface area contributed by atoms with Gasteiger partial charge in [-0.1, -0.05) is 0 Å². The molecular weight excluding hydrogens is 438 g/mol. The van der Waals surface area contributed by atoms with Crippen LogP contribution in [0, 0.1) is 17.8 Å². The Morgan fingerprint density at radius 1 is 1.12 bits per heavy atom. The summed E-state index contributed by atoms with van der Waals surface area (Å²) in [7, 11) is -3.25. The van der Waals surface area contributed by atoms with Crippen molar-refractivity contribution in [1.29, 1.82) is 0 Å². The number of nitrogens with zero attached hydrogens (tertiary/aromatic N) is 5. The van der Waals surface area contributed by atoms with Crippen molar-refractivity contribution in [2.24, 2.45) is 17.8 Å². The third-order valence-corrected chi connectivity index (χ3v) is 10.1. The van der Waals surface area contributed by atoms with Crippen molar-refractivity contribution in [3.8, 4) is 0 Å². The van der Waals surface area contributed by atoms with E-state index in [1.54, 1.807) is 4.31 Å². The first-order valence-corrected chi connectivity index (χ1v) is 13.3. The van der Waals surface area contributed by atoms with Gasteiger partial charge in [0.2, 0.25) is 16.0 Å². The molecule has 11 heteroatoms. The molecule has 8 nitrogen and oxygen atoms in total. The third kappa shape index (κ3) is 3.30. The summed E-state index contributed by atoms with van der Waals surface area (Å²) in [4.78, 5) is 13.2. The molecule has 4 atom stereocenters. The Balaban J connectivity index is 1.20. The summed E-state index contributed by atoms with van der Waals surface area (Å²) in [5.74, 6) is -0.879. The van der Waals surface area contributed by atoms with Gasteiger partial charge in [-0.05, 0) is 37.5 Å². The predicted molar refractivity (Wildman–Crippen MR) is 117 cm³/mol. The summed E-state index contributed by atoms with van der Waals surface area (Å²) in [5.41, 5.74) is 0.480. The minimum Gasteiger partial charge on any atom is -0.356 e. The Morgan fingerprint density at radius 2 is 1.84 bits per heavy atom. The zero-order valence-corrected chi connectivity index (χ0v) is 19.1. The number of piperidine rings is 1. The van der Waals surface area contributed by atoms with Gasteiger partial charge < -0.3 is 15.1 Å². The minimum absolute atomic E-state index is 0.102. The van der Waals surface area contributed by atoms with Gasteiger partial charge in [-0.15, -0.1) is 0 Å². The fourth-order valence-electron chi connectivity index (χ4n) is 5.94. The molecule has 1 aromatic heterocycles. The molecule has 0 radical (unpaired) electrons. The number of fused-ring (bicyclic) bond motifs is 2. The maximum absolute atomic E-state index is 14.6. The average molecular weight is 469 g/mol. The molecule has 1 saturated carbocycles. The molecule has 176 valence electrons. The highest BCUT2D eigenvalue weighted by Gasteiger charge is 2.58. The van der Waals surface area contributed by atoms with Crippen LogP contribution < -0.4 is 15.1 Å². The first kappa shape index (κ1) is 21.0. The molecular formula is C21H30F2N6O2S. The van der Waals surface area contributed by atoms with Gasteiger partial charge in [0.25, 0.3) is 5.92 Å². The highest BCUT2D eigenvalue weighted by Crippen LogP contribution is 2.54. The Kier molecular flexibility index (Phi) is 4.72. The van der Waals surface area contributed by atoms with Gasteiger partial charge in [-0.2, -0.15) is 18.1 Å². The Bertz CT molecular complexity index is 1020. The second kappa shape index (κ2) is 7.20. The topological polar surface area (TPSA) is 81.7 Å². The van der Waals surface area contributed by atoms with E-state index in [2.05, 4.69) is 22.1 Å². The van der Waals surface area contributed by atoms with E-state index in [1.807, 2.05) is 4.90 Å². The van der Waals surface area contributed by atoms with Crippen LogP contribution in [0.1, 0.15) is 31.0 Å². The molecule has 0 aromatic carbocycles. The molecule has 0 spiro atoms. The van der Waals surface area contributed by atoms with Gasteiger partial charge in [0.05, 0.1) is 5.75 Å². The molecule has 5 aliphatic rings. The second-order valence-electron chi connectivity index (χ2n) is 10.0. The number of anilines is 2. The molecule has 32 heavy (non-hydrogen) atoms. The van der Waals surface area contributed by atoms with Crippen LogP contribution in [0.3, 0.4) is 0 Å². The van der Waals surface area contributed by atoms with E-state index in [9.17, 15) is 17.2 Å². The standard InChI is InChI=1S/C21H30F2N6O2S/c1-13-3-7-29(13)20-25-18-14(2-4-21(18,22)23)19(26-20)27-10-15-16(11-27)17(15)12-32(30,31)28-8-5-24-6-9-28/h13,15-17,24H,2-12H2,1H3/t13?,15-,16+,17?. The number of nitrogens with one attached hydrogen (secondary N) is 1. The van der Waals surface area contributed by atoms with Crippen LogP contribution in [0.15, 0.2) is 0 Å². The van der Waals surface area contributed by atoms with Crippen LogP contribution >= 0.6 is 0 Å². The van der Waals surface area contributed by atoms with Gasteiger partial charge in [0.15, 0.2) is 0 Å². The molecule has 2 unspecified atom stereocenters. The lowest BCUT2D eigenvalue weighted by molar-refractivity contribution is -0.00595. The predicted octanol–water partition coefficient (Wildman–Crippen LogP) is 1.03. The summed E-state index contributed by atoms with van der Waals surface area (Å²) >= 11 is 0. The van der Waals surface area contributed by atoms with Gasteiger partial charge in [0, 0.05) is 63.8 Å². The first-order valence-electron chi connectivity index (χ1n) is 11.7. The van der Waals surface area contributed by atoms with E-state index < -0.39 is 15.9 Å². The largest absolute Gasteiger partial charge is 0.356 e. The number of rotatable bonds is 5. The molecule has 3 saturated heterocycles. The van der Waals surface area contributed by atoms with E-state index in [4.69, 9.17) is 4.98 Å². The molecule has 4 heterocycles. The number of aromatic nitrogens is 2. The molecule has 1 N–H and O–H groups in total. The lowest BCUT2D eigenvalue weighted by atomic mass is 10.1. The number of alkyl halides is 2. The van der Waals surface area contributed by atoms with Crippen molar-refractivity contribution in [3.63, 3.8) is 0 Å². The summed E-state index contributed by atoms with van der Waals surface area (Å²) < 4.78 is 56.4. The Labute approximate surface area is 187 Å². The zero-order valence-electron chi connectivity index (χ0n) is 18.3. The van der Waals surface area contributed by atoms with Crippen LogP contribution in [0.4, 0.5) is 20.5 Å². The Morgan fingerprint density at radius 3 is 2.47 bits per heavy atom. The van der Waals surface area contributed by atoms with E-state index in [1.165, 1.54) is 0 Å². The van der Waals surface area contributed by atoms with Crippen molar-refractivity contribution in [2.45, 2.75) is 38.2 Å². The number of halogens is 2. The summed E-state index contributed by atoms with van der Waals surface area (Å²) in [5, 5.41) is 3.19. The first-order chi connectivity index (χ1) is 15.2. The summed E-state index contributed by atoms with van der Waals surface area (Å²) in [6.45, 7) is 6.71. The van der Waals surface area contributed by atoms with Gasteiger partial charge in [-0.3, -0.25) is 0 Å². The molecule has 6 rings (SSSR count). The van der Waals surface area contributed by atoms with E-state index >= 15 is 0 Å². The highest BCUT2D eigenvalue weighted by molar-refractivity contribution is 7.89. The summed E-state index contributed by atoms with van der Waals surface area (Å²) in [6.07, 6.45) is 1.10. The maximum Gasteiger partial charge on any atom is 0.290 e. The van der Waals surface area contributed by atoms with Crippen LogP contribution in [-0.2, 0) is 22.4 Å². The quantitative estimate of drug-likeness (QED) is 0.691. The van der Waals surface area contributed by atoms with E-state index in [-0.39, 0.29) is 29.8 Å². The van der Waals surface area contributed by atoms with Crippen molar-refractivity contribution >= 4 is 21.8 Å². The number of hydrogen-bond donors (Lipinski definition) is 1. The van der Waals surface area contributed by atoms with Crippen LogP contribution in [0.5, 0.6) is 0 Å². The van der Waals surface area contributed by atoms with Crippen LogP contribution in [0.2, 0.25) is 0 Å². The van der Waals surface area contributed by atoms with Crippen molar-refractivity contribution in [3.05, 3.63) is 11.3 Å². The zero-order chi connectivity index (χ0) is 22.3. The highest BCUT2D eigenvalue weighted by atomic mass is 32.2. The Hall–Kier alpha value is -1.59. The lowest BCUT2D eigenvalue weighted by Gasteiger charge is -2.39. The molecule has 4 fully saturated rings. The third-order valence-electron chi connectivity index (χ3n) is 8.13. The second-order valence-corrected chi connectivity index (χ2v) is 12.0. The normalized spacial score (nSPS) is 33.7. The maximum atomic E-state index is 14.6. The smallest absolute Gasteiger partial charge is 0.290 e. The number of hydrogen-bond acceptors (Lipinski definition) is 7. The molecule has 2 aliphatic carbocycles. The summed E-state index contributed by atoms with van der Waals surface area (Å²) in [6, 6.07) is 0.266. The van der Waals surface area contributed by atoms with Gasteiger partial charge >= 0.3 is 0 Å². The SMILES string of the molecule is CC1CCN1c1nc(N2C[C@@H]3C(CS(=O)(=O)N4CCNCC4)[C@@H]3C2)c2c(n1)C(F)(F)CC2. The van der Waals surface area contributed by atoms with Crippen LogP contribution in [-0.4, -0.2) is 80.3 Å².